The molecule has 1 aliphatic rings. The van der Waals surface area contributed by atoms with Crippen LogP contribution in [0.3, 0.4) is 0 Å². The van der Waals surface area contributed by atoms with Crippen molar-refractivity contribution in [3.05, 3.63) is 68.9 Å². The van der Waals surface area contributed by atoms with Crippen LogP contribution in [0, 0.1) is 17.0 Å². The molecule has 0 saturated carbocycles. The maximum Gasteiger partial charge on any atom is 0.274 e. The third-order valence-corrected chi connectivity index (χ3v) is 8.07. The third-order valence-electron chi connectivity index (χ3n) is 6.22. The van der Waals surface area contributed by atoms with Gasteiger partial charge < -0.3 is 14.4 Å². The number of amides is 1. The summed E-state index contributed by atoms with van der Waals surface area (Å²) in [5, 5.41) is 16.4. The van der Waals surface area contributed by atoms with Crippen LogP contribution in [0.25, 0.3) is 5.69 Å². The van der Waals surface area contributed by atoms with E-state index in [9.17, 15) is 23.3 Å². The van der Waals surface area contributed by atoms with Crippen molar-refractivity contribution in [1.82, 2.24) is 19.4 Å². The molecule has 0 aliphatic carbocycles. The number of morpholine rings is 1. The predicted octanol–water partition coefficient (Wildman–Crippen LogP) is 4.08. The topological polar surface area (TPSA) is 146 Å². The van der Waals surface area contributed by atoms with Crippen LogP contribution in [-0.2, 0) is 14.8 Å². The number of nitrogens with zero attached hydrogens (tertiary/aromatic N) is 4. The van der Waals surface area contributed by atoms with Crippen LogP contribution in [0.5, 0.6) is 11.6 Å². The summed E-state index contributed by atoms with van der Waals surface area (Å²) in [7, 11) is -4.22. The van der Waals surface area contributed by atoms with Gasteiger partial charge in [-0.25, -0.2) is 13.1 Å². The SMILES string of the molecule is CC[C@H](C)NS(=O)(=O)c1cc([N+](=O)[O-])ccc1Oc1c(C)c(C(=O)N2CCOCC2)nn1-c1cccc(Cl)c1. The van der Waals surface area contributed by atoms with Crippen LogP contribution in [0.15, 0.2) is 47.4 Å². The molecular formula is C25H28ClN5O7S. The second kappa shape index (κ2) is 11.7. The number of halogens is 1. The number of hydrogen-bond donors (Lipinski definition) is 1. The summed E-state index contributed by atoms with van der Waals surface area (Å²) in [6.45, 7) is 6.70. The number of sulfonamides is 1. The number of nitro benzene ring substituents is 1. The molecule has 3 aromatic rings. The van der Waals surface area contributed by atoms with Crippen molar-refractivity contribution < 1.29 is 27.6 Å². The van der Waals surface area contributed by atoms with Gasteiger partial charge in [-0.15, -0.1) is 0 Å². The minimum absolute atomic E-state index is 0.0581. The van der Waals surface area contributed by atoms with Gasteiger partial charge in [-0.05, 0) is 44.5 Å². The van der Waals surface area contributed by atoms with E-state index in [0.717, 1.165) is 12.1 Å². The monoisotopic (exact) mass is 577 g/mol. The normalized spacial score (nSPS) is 14.7. The lowest BCUT2D eigenvalue weighted by molar-refractivity contribution is -0.385. The summed E-state index contributed by atoms with van der Waals surface area (Å²) in [6.07, 6.45) is 0.498. The molecule has 1 amide bonds. The van der Waals surface area contributed by atoms with Crippen molar-refractivity contribution >= 4 is 33.2 Å². The van der Waals surface area contributed by atoms with Crippen molar-refractivity contribution in [3.63, 3.8) is 0 Å². The molecular weight excluding hydrogens is 550 g/mol. The van der Waals surface area contributed by atoms with Crippen molar-refractivity contribution in [3.8, 4) is 17.3 Å². The third kappa shape index (κ3) is 6.22. The Bertz CT molecular complexity index is 1500. The molecule has 0 spiro atoms. The molecule has 1 aliphatic heterocycles. The molecule has 1 N–H and O–H groups in total. The van der Waals surface area contributed by atoms with E-state index in [2.05, 4.69) is 9.82 Å². The van der Waals surface area contributed by atoms with Crippen LogP contribution < -0.4 is 9.46 Å². The van der Waals surface area contributed by atoms with Gasteiger partial charge >= 0.3 is 0 Å². The van der Waals surface area contributed by atoms with E-state index in [0.29, 0.717) is 49.0 Å². The average molecular weight is 578 g/mol. The van der Waals surface area contributed by atoms with E-state index in [4.69, 9.17) is 21.1 Å². The summed E-state index contributed by atoms with van der Waals surface area (Å²) < 4.78 is 41.9. The Morgan fingerprint density at radius 2 is 1.97 bits per heavy atom. The molecule has 4 rings (SSSR count). The van der Waals surface area contributed by atoms with Crippen LogP contribution in [0.2, 0.25) is 5.02 Å². The fourth-order valence-corrected chi connectivity index (χ4v) is 5.58. The van der Waals surface area contributed by atoms with E-state index in [1.807, 2.05) is 0 Å². The summed E-state index contributed by atoms with van der Waals surface area (Å²) in [6, 6.07) is 9.54. The van der Waals surface area contributed by atoms with Crippen LogP contribution in [0.1, 0.15) is 36.3 Å². The van der Waals surface area contributed by atoms with Gasteiger partial charge in [-0.3, -0.25) is 14.9 Å². The zero-order valence-corrected chi connectivity index (χ0v) is 23.2. The smallest absolute Gasteiger partial charge is 0.274 e. The zero-order valence-electron chi connectivity index (χ0n) is 21.6. The number of nitrogens with one attached hydrogen (secondary N) is 1. The van der Waals surface area contributed by atoms with Gasteiger partial charge in [0.25, 0.3) is 11.6 Å². The van der Waals surface area contributed by atoms with E-state index < -0.39 is 31.6 Å². The maximum absolute atomic E-state index is 13.4. The first kappa shape index (κ1) is 28.5. The number of non-ortho nitro benzene ring substituents is 1. The lowest BCUT2D eigenvalue weighted by atomic mass is 10.2. The number of hydrogen-bond acceptors (Lipinski definition) is 8. The van der Waals surface area contributed by atoms with E-state index >= 15 is 0 Å². The van der Waals surface area contributed by atoms with Crippen molar-refractivity contribution in [2.45, 2.75) is 38.1 Å². The van der Waals surface area contributed by atoms with Gasteiger partial charge in [0.2, 0.25) is 15.9 Å². The van der Waals surface area contributed by atoms with Crippen molar-refractivity contribution in [2.75, 3.05) is 26.3 Å². The number of ether oxygens (including phenoxy) is 2. The van der Waals surface area contributed by atoms with Crippen LogP contribution in [-0.4, -0.2) is 66.3 Å². The van der Waals surface area contributed by atoms with Gasteiger partial charge in [0.05, 0.1) is 23.8 Å². The summed E-state index contributed by atoms with van der Waals surface area (Å²) in [5.41, 5.74) is 0.500. The first-order valence-corrected chi connectivity index (χ1v) is 14.1. The predicted molar refractivity (Wildman–Crippen MR) is 143 cm³/mol. The van der Waals surface area contributed by atoms with Crippen LogP contribution in [0.4, 0.5) is 5.69 Å². The molecule has 1 saturated heterocycles. The van der Waals surface area contributed by atoms with E-state index in [-0.39, 0.29) is 23.2 Å². The standard InChI is InChI=1S/C25H28ClN5O7S/c1-4-16(2)28-39(35,36)22-15-20(31(33)34)8-9-21(22)38-25-17(3)23(24(32)29-10-12-37-13-11-29)27-30(25)19-7-5-6-18(26)14-19/h5-9,14-16,28H,4,10-13H2,1-3H3/t16-/m0/s1. The Hall–Kier alpha value is -3.52. The van der Waals surface area contributed by atoms with Gasteiger partial charge in [0.1, 0.15) is 10.6 Å². The molecule has 1 atom stereocenters. The number of rotatable bonds is 9. The molecule has 1 fully saturated rings. The minimum Gasteiger partial charge on any atom is -0.437 e. The lowest BCUT2D eigenvalue weighted by Crippen LogP contribution is -2.41. The Kier molecular flexibility index (Phi) is 8.54. The summed E-state index contributed by atoms with van der Waals surface area (Å²) >= 11 is 6.21. The Labute approximate surface area is 230 Å². The highest BCUT2D eigenvalue weighted by Gasteiger charge is 2.30. The molecule has 208 valence electrons. The fourth-order valence-electron chi connectivity index (χ4n) is 3.92. The molecule has 1 aromatic heterocycles. The molecule has 12 nitrogen and oxygen atoms in total. The van der Waals surface area contributed by atoms with E-state index in [1.54, 1.807) is 49.9 Å². The number of benzene rings is 2. The number of carbonyl (C=O) groups excluding carboxylic acids is 1. The van der Waals surface area contributed by atoms with Crippen LogP contribution >= 0.6 is 11.6 Å². The van der Waals surface area contributed by atoms with Gasteiger partial charge in [0.15, 0.2) is 5.69 Å². The summed E-state index contributed by atoms with van der Waals surface area (Å²) in [4.78, 5) is 25.3. The molecule has 0 bridgehead atoms. The average Bonchev–Trinajstić information content (AvgIpc) is 3.24. The Balaban J connectivity index is 1.86. The number of aromatic nitrogens is 2. The maximum atomic E-state index is 13.4. The molecule has 39 heavy (non-hydrogen) atoms. The molecule has 0 unspecified atom stereocenters. The molecule has 2 heterocycles. The van der Waals surface area contributed by atoms with Crippen molar-refractivity contribution in [1.29, 1.82) is 0 Å². The highest BCUT2D eigenvalue weighted by Crippen LogP contribution is 2.36. The Morgan fingerprint density at radius 3 is 2.62 bits per heavy atom. The van der Waals surface area contributed by atoms with Gasteiger partial charge in [-0.1, -0.05) is 24.6 Å². The zero-order chi connectivity index (χ0) is 28.3. The van der Waals surface area contributed by atoms with Gasteiger partial charge in [-0.2, -0.15) is 9.78 Å². The molecule has 2 aromatic carbocycles. The second-order valence-electron chi connectivity index (χ2n) is 9.00. The molecule has 0 radical (unpaired) electrons. The quantitative estimate of drug-likeness (QED) is 0.296. The highest BCUT2D eigenvalue weighted by atomic mass is 35.5. The summed E-state index contributed by atoms with van der Waals surface area (Å²) in [5.74, 6) is -0.452. The molecule has 14 heteroatoms. The lowest BCUT2D eigenvalue weighted by Gasteiger charge is -2.26. The number of nitro groups is 1. The van der Waals surface area contributed by atoms with Crippen molar-refractivity contribution in [2.24, 2.45) is 0 Å². The van der Waals surface area contributed by atoms with Gasteiger partial charge in [0, 0.05) is 41.9 Å². The Morgan fingerprint density at radius 1 is 1.26 bits per heavy atom. The minimum atomic E-state index is -4.22. The fraction of sp³-hybridized carbons (Fsp3) is 0.360. The second-order valence-corrected chi connectivity index (χ2v) is 11.1. The largest absolute Gasteiger partial charge is 0.437 e. The first-order chi connectivity index (χ1) is 18.5. The number of carbonyl (C=O) groups is 1. The van der Waals surface area contributed by atoms with E-state index in [1.165, 1.54) is 10.7 Å². The highest BCUT2D eigenvalue weighted by molar-refractivity contribution is 7.89. The first-order valence-electron chi connectivity index (χ1n) is 12.2.